The lowest BCUT2D eigenvalue weighted by molar-refractivity contribution is -0.152. The van der Waals surface area contributed by atoms with Crippen LogP contribution in [0, 0.1) is 0 Å². The number of likely N-dealkylation sites (tertiary alicyclic amines) is 1. The van der Waals surface area contributed by atoms with Gasteiger partial charge in [-0.3, -0.25) is 15.0 Å². The molecule has 2 rings (SSSR count). The molecule has 0 amide bonds. The van der Waals surface area contributed by atoms with Crippen LogP contribution in [-0.2, 0) is 9.53 Å². The first-order valence-corrected chi connectivity index (χ1v) is 8.28. The first kappa shape index (κ1) is 15.8. The number of ether oxygens (including phenoxy) is 1. The molecule has 2 unspecified atom stereocenters. The molecular formula is C16H30N2O2. The molecule has 2 aliphatic rings. The molecule has 0 aromatic rings. The molecule has 1 heterocycles. The van der Waals surface area contributed by atoms with Crippen LogP contribution >= 0.6 is 0 Å². The molecule has 20 heavy (non-hydrogen) atoms. The molecule has 0 radical (unpaired) electrons. The van der Waals surface area contributed by atoms with Crippen LogP contribution in [0.1, 0.15) is 59.3 Å². The summed E-state index contributed by atoms with van der Waals surface area (Å²) < 4.78 is 5.32. The second-order valence-electron chi connectivity index (χ2n) is 6.50. The first-order valence-electron chi connectivity index (χ1n) is 8.28. The van der Waals surface area contributed by atoms with Gasteiger partial charge in [-0.1, -0.05) is 13.3 Å². The molecule has 0 aromatic carbocycles. The maximum Gasteiger partial charge on any atom is 0.327 e. The predicted molar refractivity (Wildman–Crippen MR) is 80.7 cm³/mol. The fraction of sp³-hybridized carbons (Fsp3) is 0.938. The van der Waals surface area contributed by atoms with Crippen LogP contribution in [0.3, 0.4) is 0 Å². The van der Waals surface area contributed by atoms with Gasteiger partial charge in [-0.05, 0) is 52.5 Å². The quantitative estimate of drug-likeness (QED) is 0.728. The van der Waals surface area contributed by atoms with Crippen LogP contribution in [0.15, 0.2) is 0 Å². The minimum atomic E-state index is -0.554. The van der Waals surface area contributed by atoms with Crippen molar-refractivity contribution in [2.45, 2.75) is 76.9 Å². The summed E-state index contributed by atoms with van der Waals surface area (Å²) in [6, 6.07) is 1.13. The molecule has 2 fully saturated rings. The number of rotatable bonds is 7. The maximum atomic E-state index is 12.4. The standard InChI is InChI=1S/C16H30N2O2/c1-4-14-8-6-7-11-18(14)12-16(3,15(19)20-5-2)17-13-9-10-13/h13-14,17H,4-12H2,1-3H3. The Bertz CT molecular complexity index is 330. The van der Waals surface area contributed by atoms with Gasteiger partial charge in [-0.15, -0.1) is 0 Å². The lowest BCUT2D eigenvalue weighted by Gasteiger charge is -2.41. The van der Waals surface area contributed by atoms with Gasteiger partial charge in [0.05, 0.1) is 6.61 Å². The summed E-state index contributed by atoms with van der Waals surface area (Å²) in [7, 11) is 0. The van der Waals surface area contributed by atoms with Gasteiger partial charge in [0, 0.05) is 18.6 Å². The smallest absolute Gasteiger partial charge is 0.327 e. The second kappa shape index (κ2) is 6.90. The van der Waals surface area contributed by atoms with Crippen LogP contribution in [0.4, 0.5) is 0 Å². The van der Waals surface area contributed by atoms with Crippen molar-refractivity contribution in [2.75, 3.05) is 19.7 Å². The number of esters is 1. The van der Waals surface area contributed by atoms with E-state index in [2.05, 4.69) is 17.1 Å². The molecule has 4 heteroatoms. The molecule has 4 nitrogen and oxygen atoms in total. The Morgan fingerprint density at radius 3 is 2.65 bits per heavy atom. The van der Waals surface area contributed by atoms with Gasteiger partial charge in [-0.25, -0.2) is 0 Å². The number of hydrogen-bond acceptors (Lipinski definition) is 4. The number of nitrogens with zero attached hydrogens (tertiary/aromatic N) is 1. The van der Waals surface area contributed by atoms with Gasteiger partial charge in [0.2, 0.25) is 0 Å². The van der Waals surface area contributed by atoms with Crippen molar-refractivity contribution in [3.8, 4) is 0 Å². The van der Waals surface area contributed by atoms with Gasteiger partial charge < -0.3 is 4.74 Å². The van der Waals surface area contributed by atoms with E-state index in [1.54, 1.807) is 0 Å². The van der Waals surface area contributed by atoms with Crippen LogP contribution in [0.25, 0.3) is 0 Å². The molecule has 0 bridgehead atoms. The SMILES string of the molecule is CCOC(=O)C(C)(CN1CCCCC1CC)NC1CC1. The summed E-state index contributed by atoms with van der Waals surface area (Å²) in [5.41, 5.74) is -0.554. The molecule has 1 saturated carbocycles. The third-order valence-corrected chi connectivity index (χ3v) is 4.57. The van der Waals surface area contributed by atoms with Crippen molar-refractivity contribution >= 4 is 5.97 Å². The number of carbonyl (C=O) groups is 1. The van der Waals surface area contributed by atoms with E-state index in [0.29, 0.717) is 18.7 Å². The van der Waals surface area contributed by atoms with Crippen molar-refractivity contribution in [1.29, 1.82) is 0 Å². The summed E-state index contributed by atoms with van der Waals surface area (Å²) in [5, 5.41) is 3.53. The largest absolute Gasteiger partial charge is 0.465 e. The maximum absolute atomic E-state index is 12.4. The lowest BCUT2D eigenvalue weighted by atomic mass is 9.95. The fourth-order valence-electron chi connectivity index (χ4n) is 3.27. The van der Waals surface area contributed by atoms with Crippen molar-refractivity contribution in [3.05, 3.63) is 0 Å². The molecule has 0 aromatic heterocycles. The molecule has 2 atom stereocenters. The Morgan fingerprint density at radius 1 is 1.30 bits per heavy atom. The average Bonchev–Trinajstić information content (AvgIpc) is 3.23. The predicted octanol–water partition coefficient (Wildman–Crippen LogP) is 2.32. The summed E-state index contributed by atoms with van der Waals surface area (Å²) in [5.74, 6) is -0.0904. The Morgan fingerprint density at radius 2 is 2.05 bits per heavy atom. The highest BCUT2D eigenvalue weighted by Gasteiger charge is 2.42. The molecule has 116 valence electrons. The summed E-state index contributed by atoms with van der Waals surface area (Å²) in [6.45, 7) is 8.49. The Balaban J connectivity index is 2.03. The number of carbonyl (C=O) groups excluding carboxylic acids is 1. The highest BCUT2D eigenvalue weighted by Crippen LogP contribution is 2.26. The van der Waals surface area contributed by atoms with Crippen molar-refractivity contribution < 1.29 is 9.53 Å². The highest BCUT2D eigenvalue weighted by molar-refractivity contribution is 5.80. The van der Waals surface area contributed by atoms with Crippen LogP contribution in [0.2, 0.25) is 0 Å². The summed E-state index contributed by atoms with van der Waals surface area (Å²) >= 11 is 0. The zero-order valence-electron chi connectivity index (χ0n) is 13.3. The minimum Gasteiger partial charge on any atom is -0.465 e. The molecule has 1 aliphatic heterocycles. The molecule has 1 saturated heterocycles. The zero-order valence-corrected chi connectivity index (χ0v) is 13.3. The number of hydrogen-bond donors (Lipinski definition) is 1. The zero-order chi connectivity index (χ0) is 14.6. The van der Waals surface area contributed by atoms with Crippen LogP contribution < -0.4 is 5.32 Å². The normalized spacial score (nSPS) is 27.1. The van der Waals surface area contributed by atoms with E-state index in [0.717, 1.165) is 13.1 Å². The number of piperidine rings is 1. The van der Waals surface area contributed by atoms with E-state index < -0.39 is 5.54 Å². The molecule has 0 spiro atoms. The van der Waals surface area contributed by atoms with Crippen molar-refractivity contribution in [3.63, 3.8) is 0 Å². The average molecular weight is 282 g/mol. The second-order valence-corrected chi connectivity index (χ2v) is 6.50. The summed E-state index contributed by atoms with van der Waals surface area (Å²) in [6.07, 6.45) is 7.37. The van der Waals surface area contributed by atoms with E-state index >= 15 is 0 Å². The third-order valence-electron chi connectivity index (χ3n) is 4.57. The van der Waals surface area contributed by atoms with E-state index in [-0.39, 0.29) is 5.97 Å². The fourth-order valence-corrected chi connectivity index (χ4v) is 3.27. The van der Waals surface area contributed by atoms with Crippen LogP contribution in [0.5, 0.6) is 0 Å². The monoisotopic (exact) mass is 282 g/mol. The Labute approximate surface area is 123 Å². The van der Waals surface area contributed by atoms with Crippen molar-refractivity contribution in [1.82, 2.24) is 10.2 Å². The van der Waals surface area contributed by atoms with Gasteiger partial charge in [0.25, 0.3) is 0 Å². The highest BCUT2D eigenvalue weighted by atomic mass is 16.5. The van der Waals surface area contributed by atoms with Gasteiger partial charge in [0.15, 0.2) is 0 Å². The topological polar surface area (TPSA) is 41.6 Å². The van der Waals surface area contributed by atoms with E-state index in [1.807, 2.05) is 13.8 Å². The molecule has 1 N–H and O–H groups in total. The third kappa shape index (κ3) is 3.95. The van der Waals surface area contributed by atoms with Gasteiger partial charge in [0.1, 0.15) is 5.54 Å². The van der Waals surface area contributed by atoms with E-state index in [1.165, 1.54) is 38.5 Å². The van der Waals surface area contributed by atoms with Crippen LogP contribution in [-0.4, -0.2) is 48.2 Å². The van der Waals surface area contributed by atoms with Crippen molar-refractivity contribution in [2.24, 2.45) is 0 Å². The Kier molecular flexibility index (Phi) is 5.44. The minimum absolute atomic E-state index is 0.0904. The number of nitrogens with one attached hydrogen (secondary N) is 1. The lowest BCUT2D eigenvalue weighted by Crippen LogP contribution is -2.60. The molecular weight excluding hydrogens is 252 g/mol. The Hall–Kier alpha value is -0.610. The van der Waals surface area contributed by atoms with Gasteiger partial charge in [-0.2, -0.15) is 0 Å². The summed E-state index contributed by atoms with van der Waals surface area (Å²) in [4.78, 5) is 14.9. The van der Waals surface area contributed by atoms with E-state index in [9.17, 15) is 4.79 Å². The first-order chi connectivity index (χ1) is 9.59. The van der Waals surface area contributed by atoms with E-state index in [4.69, 9.17) is 4.74 Å². The molecule has 1 aliphatic carbocycles. The van der Waals surface area contributed by atoms with Gasteiger partial charge >= 0.3 is 5.97 Å².